The van der Waals surface area contributed by atoms with Crippen LogP contribution in [-0.2, 0) is 18.7 Å². The molecule has 0 unspecified atom stereocenters. The van der Waals surface area contributed by atoms with Crippen LogP contribution in [0.25, 0.3) is 0 Å². The first-order valence-corrected chi connectivity index (χ1v) is 12.5. The minimum atomic E-state index is -1.87. The van der Waals surface area contributed by atoms with Gasteiger partial charge in [-0.25, -0.2) is 4.79 Å². The molecule has 4 nitrogen and oxygen atoms in total. The normalized spacial score (nSPS) is 29.2. The number of hydrogen-bond donors (Lipinski definition) is 0. The molecule has 3 atom stereocenters. The maximum atomic E-state index is 12.3. The summed E-state index contributed by atoms with van der Waals surface area (Å²) in [7, 11) is -0.480. The molecule has 136 valence electrons. The Kier molecular flexibility index (Phi) is 5.07. The van der Waals surface area contributed by atoms with Crippen molar-refractivity contribution in [2.75, 3.05) is 7.11 Å². The van der Waals surface area contributed by atoms with Gasteiger partial charge < -0.3 is 13.9 Å². The summed E-state index contributed by atoms with van der Waals surface area (Å²) in [5.74, 6) is -0.553. The number of carbonyl (C=O) groups is 1. The van der Waals surface area contributed by atoms with E-state index in [9.17, 15) is 4.79 Å². The average molecular weight is 361 g/mol. The van der Waals surface area contributed by atoms with Gasteiger partial charge in [0.05, 0.1) is 7.11 Å². The molecule has 0 spiro atoms. The van der Waals surface area contributed by atoms with Crippen LogP contribution in [0.3, 0.4) is 0 Å². The van der Waals surface area contributed by atoms with Gasteiger partial charge in [0.15, 0.2) is 8.32 Å². The lowest BCUT2D eigenvalue weighted by Gasteiger charge is -2.51. The number of benzene rings is 1. The van der Waals surface area contributed by atoms with E-state index in [0.29, 0.717) is 0 Å². The van der Waals surface area contributed by atoms with Crippen LogP contribution in [-0.4, -0.2) is 27.2 Å². The van der Waals surface area contributed by atoms with Gasteiger partial charge in [-0.15, -0.1) is 0 Å². The van der Waals surface area contributed by atoms with E-state index in [2.05, 4.69) is 31.8 Å². The van der Waals surface area contributed by atoms with Crippen molar-refractivity contribution in [2.24, 2.45) is 5.92 Å². The summed E-state index contributed by atoms with van der Waals surface area (Å²) in [5.41, 5.74) is 1.20. The van der Waals surface area contributed by atoms with Crippen LogP contribution in [0.5, 0.6) is 0 Å². The number of ether oxygens (including phenoxy) is 2. The Morgan fingerprint density at radius 1 is 1.20 bits per heavy atom. The zero-order chi connectivity index (χ0) is 18.1. The third kappa shape index (κ3) is 3.82. The Morgan fingerprint density at radius 2 is 1.92 bits per heavy atom. The fraction of sp³-hybridized carbons (Fsp3) is 0.550. The maximum absolute atomic E-state index is 12.3. The molecule has 1 fully saturated rings. The van der Waals surface area contributed by atoms with E-state index in [1.54, 1.807) is 0 Å². The fourth-order valence-electron chi connectivity index (χ4n) is 4.10. The zero-order valence-corrected chi connectivity index (χ0v) is 16.6. The summed E-state index contributed by atoms with van der Waals surface area (Å²) in [6, 6.07) is 10.3. The highest BCUT2D eigenvalue weighted by molar-refractivity contribution is 6.69. The lowest BCUT2D eigenvalue weighted by atomic mass is 9.71. The molecule has 0 radical (unpaired) electrons. The van der Waals surface area contributed by atoms with Crippen LogP contribution < -0.4 is 0 Å². The molecule has 0 saturated heterocycles. The van der Waals surface area contributed by atoms with E-state index in [1.807, 2.05) is 24.3 Å². The topological polar surface area (TPSA) is 44.8 Å². The summed E-state index contributed by atoms with van der Waals surface area (Å²) < 4.78 is 17.8. The van der Waals surface area contributed by atoms with Crippen LogP contribution in [0.4, 0.5) is 0 Å². The lowest BCUT2D eigenvalue weighted by Crippen LogP contribution is -2.55. The molecule has 1 aromatic rings. The van der Waals surface area contributed by atoms with Gasteiger partial charge >= 0.3 is 5.97 Å². The molecular formula is C20H28O4Si. The molecule has 0 aromatic heterocycles. The number of carbonyl (C=O) groups excluding carboxylic acids is 1. The van der Waals surface area contributed by atoms with E-state index < -0.39 is 20.1 Å². The van der Waals surface area contributed by atoms with Gasteiger partial charge in [0, 0.05) is 18.3 Å². The zero-order valence-electron chi connectivity index (χ0n) is 15.6. The van der Waals surface area contributed by atoms with Gasteiger partial charge in [0.1, 0.15) is 0 Å². The minimum absolute atomic E-state index is 0.0979. The molecule has 3 rings (SSSR count). The smallest absolute Gasteiger partial charge is 0.373 e. The molecule has 1 heterocycles. The van der Waals surface area contributed by atoms with E-state index in [0.717, 1.165) is 25.7 Å². The molecule has 0 amide bonds. The first-order valence-electron chi connectivity index (χ1n) is 9.09. The number of esters is 1. The fourth-order valence-corrected chi connectivity index (χ4v) is 5.43. The predicted molar refractivity (Wildman–Crippen MR) is 99.5 cm³/mol. The van der Waals surface area contributed by atoms with E-state index in [-0.39, 0.29) is 17.6 Å². The molecule has 5 heteroatoms. The van der Waals surface area contributed by atoms with Gasteiger partial charge in [-0.05, 0) is 44.1 Å². The van der Waals surface area contributed by atoms with Crippen LogP contribution >= 0.6 is 0 Å². The number of allylic oxidation sites excluding steroid dienone is 1. The molecule has 0 bridgehead atoms. The maximum Gasteiger partial charge on any atom is 0.373 e. The Morgan fingerprint density at radius 3 is 2.56 bits per heavy atom. The summed E-state index contributed by atoms with van der Waals surface area (Å²) in [5, 5.41) is 0. The lowest BCUT2D eigenvalue weighted by molar-refractivity contribution is -0.230. The molecule has 1 saturated carbocycles. The SMILES string of the molecule is COC(=O)C1=C[C@H](c2ccccc2)[C@H]2CCCC[C@]2(O[Si](C)(C)C)O1. The Labute approximate surface area is 151 Å². The summed E-state index contributed by atoms with van der Waals surface area (Å²) >= 11 is 0. The molecule has 1 aromatic carbocycles. The largest absolute Gasteiger partial charge is 0.463 e. The average Bonchev–Trinajstić information content (AvgIpc) is 2.59. The van der Waals surface area contributed by atoms with Crippen LogP contribution in [0, 0.1) is 5.92 Å². The van der Waals surface area contributed by atoms with Crippen molar-refractivity contribution in [3.05, 3.63) is 47.7 Å². The molecule has 1 aliphatic carbocycles. The summed E-state index contributed by atoms with van der Waals surface area (Å²) in [6.07, 6.45) is 6.00. The van der Waals surface area contributed by atoms with Gasteiger partial charge in [-0.3, -0.25) is 0 Å². The quantitative estimate of drug-likeness (QED) is 0.582. The second-order valence-corrected chi connectivity index (χ2v) is 12.4. The Balaban J connectivity index is 2.07. The van der Waals surface area contributed by atoms with Gasteiger partial charge in [-0.1, -0.05) is 36.8 Å². The predicted octanol–water partition coefficient (Wildman–Crippen LogP) is 4.60. The summed E-state index contributed by atoms with van der Waals surface area (Å²) in [6.45, 7) is 6.51. The van der Waals surface area contributed by atoms with Crippen molar-refractivity contribution < 1.29 is 18.7 Å². The molecule has 2 aliphatic rings. The minimum Gasteiger partial charge on any atom is -0.463 e. The van der Waals surface area contributed by atoms with Crippen molar-refractivity contribution in [2.45, 2.75) is 57.0 Å². The highest BCUT2D eigenvalue weighted by atomic mass is 28.4. The molecular weight excluding hydrogens is 332 g/mol. The number of fused-ring (bicyclic) bond motifs is 1. The molecule has 0 N–H and O–H groups in total. The third-order valence-electron chi connectivity index (χ3n) is 4.95. The van der Waals surface area contributed by atoms with Crippen LogP contribution in [0.2, 0.25) is 19.6 Å². The van der Waals surface area contributed by atoms with Crippen molar-refractivity contribution >= 4 is 14.3 Å². The van der Waals surface area contributed by atoms with Gasteiger partial charge in [-0.2, -0.15) is 0 Å². The van der Waals surface area contributed by atoms with Gasteiger partial charge in [0.25, 0.3) is 0 Å². The van der Waals surface area contributed by atoms with E-state index >= 15 is 0 Å². The second-order valence-electron chi connectivity index (χ2n) is 7.94. The first-order chi connectivity index (χ1) is 11.8. The molecule has 25 heavy (non-hydrogen) atoms. The highest BCUT2D eigenvalue weighted by Gasteiger charge is 2.53. The third-order valence-corrected chi connectivity index (χ3v) is 5.91. The number of methoxy groups -OCH3 is 1. The summed E-state index contributed by atoms with van der Waals surface area (Å²) in [4.78, 5) is 12.3. The Bertz CT molecular complexity index is 649. The Hall–Kier alpha value is -1.59. The number of hydrogen-bond acceptors (Lipinski definition) is 4. The first kappa shape index (κ1) is 18.2. The van der Waals surface area contributed by atoms with E-state index in [4.69, 9.17) is 13.9 Å². The van der Waals surface area contributed by atoms with Gasteiger partial charge in [0.2, 0.25) is 11.5 Å². The van der Waals surface area contributed by atoms with Crippen molar-refractivity contribution in [1.82, 2.24) is 0 Å². The second kappa shape index (κ2) is 6.96. The van der Waals surface area contributed by atoms with Crippen LogP contribution in [0.15, 0.2) is 42.2 Å². The van der Waals surface area contributed by atoms with Crippen molar-refractivity contribution in [1.29, 1.82) is 0 Å². The monoisotopic (exact) mass is 360 g/mol. The standard InChI is InChI=1S/C20H28O4Si/c1-22-19(21)18-14-16(15-10-6-5-7-11-15)17-12-8-9-13-20(17,23-18)24-25(2,3)4/h5-7,10-11,14,16-17H,8-9,12-13H2,1-4H3/t16-,17-,20-/m1/s1. The highest BCUT2D eigenvalue weighted by Crippen LogP contribution is 2.51. The van der Waals surface area contributed by atoms with Crippen LogP contribution in [0.1, 0.15) is 37.2 Å². The molecule has 1 aliphatic heterocycles. The van der Waals surface area contributed by atoms with Crippen molar-refractivity contribution in [3.63, 3.8) is 0 Å². The van der Waals surface area contributed by atoms with E-state index in [1.165, 1.54) is 12.7 Å². The van der Waals surface area contributed by atoms with Crippen molar-refractivity contribution in [3.8, 4) is 0 Å². The number of rotatable bonds is 4.